The molecule has 0 aliphatic heterocycles. The van der Waals surface area contributed by atoms with Gasteiger partial charge in [-0.25, -0.2) is 4.39 Å². The number of hydrogen-bond donors (Lipinski definition) is 2. The van der Waals surface area contributed by atoms with Gasteiger partial charge in [0.25, 0.3) is 5.91 Å². The Morgan fingerprint density at radius 3 is 2.71 bits per heavy atom. The first-order valence-electron chi connectivity index (χ1n) is 5.06. The quantitative estimate of drug-likeness (QED) is 0.739. The minimum absolute atomic E-state index is 0.0406. The number of carbonyl (C=O) groups excluding carboxylic acids is 1. The fourth-order valence-electron chi connectivity index (χ4n) is 1.43. The van der Waals surface area contributed by atoms with Gasteiger partial charge < -0.3 is 21.1 Å². The fraction of sp³-hybridized carbons (Fsp3) is 0.364. The van der Waals surface area contributed by atoms with E-state index in [0.717, 1.165) is 6.07 Å². The van der Waals surface area contributed by atoms with Gasteiger partial charge in [-0.3, -0.25) is 4.79 Å². The number of ether oxygens (including phenoxy) is 1. The summed E-state index contributed by atoms with van der Waals surface area (Å²) in [6.07, 6.45) is 0. The maximum atomic E-state index is 13.7. The summed E-state index contributed by atoms with van der Waals surface area (Å²) in [5.41, 5.74) is 11.1. The smallest absolute Gasteiger partial charge is 0.250 e. The van der Waals surface area contributed by atoms with Gasteiger partial charge in [-0.15, -0.1) is 0 Å². The Labute approximate surface area is 99.1 Å². The number of likely N-dealkylation sites (N-methyl/N-ethyl adjacent to an activating group) is 1. The molecule has 0 saturated heterocycles. The highest BCUT2D eigenvalue weighted by atomic mass is 19.1. The van der Waals surface area contributed by atoms with Crippen LogP contribution in [0.2, 0.25) is 0 Å². The normalized spacial score (nSPS) is 10.3. The highest BCUT2D eigenvalue weighted by Crippen LogP contribution is 2.24. The van der Waals surface area contributed by atoms with E-state index in [9.17, 15) is 9.18 Å². The molecule has 0 spiro atoms. The predicted octanol–water partition coefficient (Wildman–Crippen LogP) is 0.589. The van der Waals surface area contributed by atoms with Crippen molar-refractivity contribution in [3.63, 3.8) is 0 Å². The predicted molar refractivity (Wildman–Crippen MR) is 64.5 cm³/mol. The van der Waals surface area contributed by atoms with E-state index in [1.54, 1.807) is 19.1 Å². The molecule has 5 nitrogen and oxygen atoms in total. The lowest BCUT2D eigenvalue weighted by molar-refractivity contribution is 0.100. The number of halogens is 1. The molecule has 0 fully saturated rings. The summed E-state index contributed by atoms with van der Waals surface area (Å²) < 4.78 is 18.6. The second kappa shape index (κ2) is 5.49. The molecule has 0 saturated carbocycles. The third-order valence-corrected chi connectivity index (χ3v) is 2.43. The highest BCUT2D eigenvalue weighted by molar-refractivity contribution is 5.99. The molecule has 0 aliphatic rings. The summed E-state index contributed by atoms with van der Waals surface area (Å²) in [7, 11) is 3.25. The molecule has 0 atom stereocenters. The third kappa shape index (κ3) is 3.07. The number of nitrogens with two attached hydrogens (primary N) is 2. The molecule has 1 amide bonds. The lowest BCUT2D eigenvalue weighted by Crippen LogP contribution is -2.24. The number of benzene rings is 1. The molecular weight excluding hydrogens is 225 g/mol. The van der Waals surface area contributed by atoms with Gasteiger partial charge >= 0.3 is 0 Å². The number of nitrogen functional groups attached to an aromatic ring is 1. The van der Waals surface area contributed by atoms with Crippen molar-refractivity contribution in [1.29, 1.82) is 0 Å². The lowest BCUT2D eigenvalue weighted by atomic mass is 10.1. The molecule has 0 radical (unpaired) electrons. The largest absolute Gasteiger partial charge is 0.398 e. The third-order valence-electron chi connectivity index (χ3n) is 2.43. The molecule has 0 heterocycles. The van der Waals surface area contributed by atoms with Gasteiger partial charge in [-0.05, 0) is 12.1 Å². The number of nitrogens with zero attached hydrogens (tertiary/aromatic N) is 1. The van der Waals surface area contributed by atoms with Gasteiger partial charge in [0.15, 0.2) is 0 Å². The number of amides is 1. The van der Waals surface area contributed by atoms with Crippen LogP contribution in [0.4, 0.5) is 15.8 Å². The van der Waals surface area contributed by atoms with Crippen LogP contribution in [0.25, 0.3) is 0 Å². The van der Waals surface area contributed by atoms with Crippen LogP contribution in [0.15, 0.2) is 12.1 Å². The van der Waals surface area contributed by atoms with Gasteiger partial charge in [0.05, 0.1) is 17.9 Å². The van der Waals surface area contributed by atoms with Crippen LogP contribution in [-0.2, 0) is 4.74 Å². The average Bonchev–Trinajstić information content (AvgIpc) is 2.25. The van der Waals surface area contributed by atoms with Gasteiger partial charge in [0, 0.05) is 26.4 Å². The maximum absolute atomic E-state index is 13.7. The summed E-state index contributed by atoms with van der Waals surface area (Å²) in [5, 5.41) is 0. The molecule has 6 heteroatoms. The first-order valence-corrected chi connectivity index (χ1v) is 5.06. The van der Waals surface area contributed by atoms with Crippen LogP contribution in [-0.4, -0.2) is 33.2 Å². The second-order valence-electron chi connectivity index (χ2n) is 3.67. The maximum Gasteiger partial charge on any atom is 0.250 e. The molecule has 1 rings (SSSR count). The van der Waals surface area contributed by atoms with Crippen LogP contribution in [0, 0.1) is 5.82 Å². The summed E-state index contributed by atoms with van der Waals surface area (Å²) in [4.78, 5) is 12.7. The zero-order valence-electron chi connectivity index (χ0n) is 9.87. The van der Waals surface area contributed by atoms with E-state index in [0.29, 0.717) is 13.2 Å². The molecule has 4 N–H and O–H groups in total. The van der Waals surface area contributed by atoms with Crippen molar-refractivity contribution < 1.29 is 13.9 Å². The molecule has 17 heavy (non-hydrogen) atoms. The summed E-state index contributed by atoms with van der Waals surface area (Å²) in [5.74, 6) is -1.17. The number of hydrogen-bond acceptors (Lipinski definition) is 4. The van der Waals surface area contributed by atoms with Gasteiger partial charge in [0.1, 0.15) is 5.82 Å². The highest BCUT2D eigenvalue weighted by Gasteiger charge is 2.14. The Balaban J connectivity index is 3.06. The molecule has 0 aliphatic carbocycles. The summed E-state index contributed by atoms with van der Waals surface area (Å²) >= 11 is 0. The molecule has 1 aromatic rings. The zero-order chi connectivity index (χ0) is 13.0. The number of rotatable bonds is 5. The van der Waals surface area contributed by atoms with Crippen molar-refractivity contribution in [3.05, 3.63) is 23.5 Å². The Bertz CT molecular complexity index is 423. The van der Waals surface area contributed by atoms with E-state index in [4.69, 9.17) is 16.2 Å². The summed E-state index contributed by atoms with van der Waals surface area (Å²) in [6, 6.07) is 2.45. The Hall–Kier alpha value is -1.82. The second-order valence-corrected chi connectivity index (χ2v) is 3.67. The Kier molecular flexibility index (Phi) is 4.28. The van der Waals surface area contributed by atoms with Crippen molar-refractivity contribution in [3.8, 4) is 0 Å². The van der Waals surface area contributed by atoms with E-state index in [1.807, 2.05) is 0 Å². The first kappa shape index (κ1) is 13.2. The van der Waals surface area contributed by atoms with Crippen molar-refractivity contribution >= 4 is 17.3 Å². The summed E-state index contributed by atoms with van der Waals surface area (Å²) in [6.45, 7) is 0.946. The van der Waals surface area contributed by atoms with Crippen molar-refractivity contribution in [2.75, 3.05) is 37.9 Å². The monoisotopic (exact) mass is 241 g/mol. The van der Waals surface area contributed by atoms with Crippen LogP contribution in [0.1, 0.15) is 10.4 Å². The standard InChI is InChI=1S/C11H16FN3O2/c1-15(3-4-17-2)10-5-7(11(14)16)9(13)6-8(10)12/h5-6H,3-4,13H2,1-2H3,(H2,14,16). The molecule has 1 aromatic carbocycles. The van der Waals surface area contributed by atoms with E-state index >= 15 is 0 Å². The number of carbonyl (C=O) groups is 1. The molecular formula is C11H16FN3O2. The number of primary amides is 1. The van der Waals surface area contributed by atoms with Crippen LogP contribution >= 0.6 is 0 Å². The fourth-order valence-corrected chi connectivity index (χ4v) is 1.43. The Morgan fingerprint density at radius 2 is 2.18 bits per heavy atom. The van der Waals surface area contributed by atoms with Gasteiger partial charge in [-0.2, -0.15) is 0 Å². The molecule has 0 unspecified atom stereocenters. The average molecular weight is 241 g/mol. The van der Waals surface area contributed by atoms with Crippen LogP contribution < -0.4 is 16.4 Å². The minimum atomic E-state index is -0.677. The number of methoxy groups -OCH3 is 1. The molecule has 0 aromatic heterocycles. The van der Waals surface area contributed by atoms with Crippen molar-refractivity contribution in [1.82, 2.24) is 0 Å². The Morgan fingerprint density at radius 1 is 1.53 bits per heavy atom. The minimum Gasteiger partial charge on any atom is -0.398 e. The first-order chi connectivity index (χ1) is 7.97. The van der Waals surface area contributed by atoms with E-state index in [2.05, 4.69) is 0 Å². The molecule has 0 bridgehead atoms. The van der Waals surface area contributed by atoms with Crippen LogP contribution in [0.3, 0.4) is 0 Å². The SMILES string of the molecule is COCCN(C)c1cc(C(N)=O)c(N)cc1F. The molecule has 94 valence electrons. The number of anilines is 2. The van der Waals surface area contributed by atoms with E-state index in [1.165, 1.54) is 6.07 Å². The van der Waals surface area contributed by atoms with E-state index < -0.39 is 11.7 Å². The lowest BCUT2D eigenvalue weighted by Gasteiger charge is -2.20. The van der Waals surface area contributed by atoms with Crippen molar-refractivity contribution in [2.24, 2.45) is 5.73 Å². The van der Waals surface area contributed by atoms with E-state index in [-0.39, 0.29) is 16.9 Å². The zero-order valence-corrected chi connectivity index (χ0v) is 9.87. The van der Waals surface area contributed by atoms with Gasteiger partial charge in [-0.1, -0.05) is 0 Å². The van der Waals surface area contributed by atoms with Gasteiger partial charge in [0.2, 0.25) is 0 Å². The van der Waals surface area contributed by atoms with Crippen molar-refractivity contribution in [2.45, 2.75) is 0 Å². The topological polar surface area (TPSA) is 81.6 Å². The van der Waals surface area contributed by atoms with Crippen LogP contribution in [0.5, 0.6) is 0 Å².